The van der Waals surface area contributed by atoms with E-state index in [0.29, 0.717) is 11.5 Å². The van der Waals surface area contributed by atoms with E-state index >= 15 is 0 Å². The first-order valence-electron chi connectivity index (χ1n) is 6.64. The predicted molar refractivity (Wildman–Crippen MR) is 74.8 cm³/mol. The molecule has 6 nitrogen and oxygen atoms in total. The topological polar surface area (TPSA) is 76.1 Å². The number of ether oxygens (including phenoxy) is 1. The van der Waals surface area contributed by atoms with Gasteiger partial charge in [-0.25, -0.2) is 18.7 Å². The van der Waals surface area contributed by atoms with E-state index in [1.165, 1.54) is 0 Å². The molecule has 8 heteroatoms. The highest BCUT2D eigenvalue weighted by atomic mass is 19.3. The number of rotatable bonds is 8. The lowest BCUT2D eigenvalue weighted by atomic mass is 10.2. The molecule has 0 spiro atoms. The number of hydrogen-bond acceptors (Lipinski definition) is 5. The Hall–Kier alpha value is -1.83. The van der Waals surface area contributed by atoms with E-state index < -0.39 is 18.9 Å². The summed E-state index contributed by atoms with van der Waals surface area (Å²) in [6.45, 7) is 3.37. The van der Waals surface area contributed by atoms with Gasteiger partial charge in [-0.15, -0.1) is 0 Å². The van der Waals surface area contributed by atoms with Crippen molar-refractivity contribution < 1.29 is 18.3 Å². The number of amides is 1. The number of carbonyl (C=O) groups is 1. The number of anilines is 1. The van der Waals surface area contributed by atoms with Crippen LogP contribution in [0, 0.1) is 0 Å². The fourth-order valence-corrected chi connectivity index (χ4v) is 1.52. The monoisotopic (exact) mass is 302 g/mol. The molecule has 0 radical (unpaired) electrons. The average molecular weight is 302 g/mol. The van der Waals surface area contributed by atoms with Gasteiger partial charge in [0.05, 0.1) is 18.5 Å². The van der Waals surface area contributed by atoms with E-state index in [0.717, 1.165) is 0 Å². The minimum atomic E-state index is -2.51. The van der Waals surface area contributed by atoms with Crippen molar-refractivity contribution in [1.82, 2.24) is 15.3 Å². The number of nitrogens with zero attached hydrogens (tertiary/aromatic N) is 2. The van der Waals surface area contributed by atoms with Crippen LogP contribution in [0.4, 0.5) is 14.5 Å². The summed E-state index contributed by atoms with van der Waals surface area (Å²) in [4.78, 5) is 20.4. The fourth-order valence-electron chi connectivity index (χ4n) is 1.52. The van der Waals surface area contributed by atoms with Crippen LogP contribution in [0.5, 0.6) is 0 Å². The number of aromatic nitrogens is 2. The van der Waals surface area contributed by atoms with Crippen LogP contribution < -0.4 is 10.6 Å². The van der Waals surface area contributed by atoms with Gasteiger partial charge < -0.3 is 15.4 Å². The zero-order chi connectivity index (χ0) is 15.8. The van der Waals surface area contributed by atoms with Gasteiger partial charge in [-0.1, -0.05) is 13.8 Å². The second kappa shape index (κ2) is 8.46. The number of nitrogens with one attached hydrogen (secondary N) is 2. The molecule has 0 saturated carbocycles. The van der Waals surface area contributed by atoms with Gasteiger partial charge >= 0.3 is 0 Å². The molecule has 2 N–H and O–H groups in total. The Morgan fingerprint density at radius 2 is 2.14 bits per heavy atom. The summed E-state index contributed by atoms with van der Waals surface area (Å²) in [5.74, 6) is 0.259. The van der Waals surface area contributed by atoms with Gasteiger partial charge in [0, 0.05) is 19.5 Å². The molecule has 0 aliphatic heterocycles. The molecule has 0 bridgehead atoms. The molecule has 0 aliphatic carbocycles. The fraction of sp³-hybridized carbons (Fsp3) is 0.615. The summed E-state index contributed by atoms with van der Waals surface area (Å²) >= 11 is 0. The van der Waals surface area contributed by atoms with E-state index in [2.05, 4.69) is 25.3 Å². The SMILES string of the molecule is CNc1cnc(C(C)C)nc1C(=O)NCCOCC(F)F. The molecule has 21 heavy (non-hydrogen) atoms. The Labute approximate surface area is 122 Å². The van der Waals surface area contributed by atoms with Crippen LogP contribution in [0.2, 0.25) is 0 Å². The summed E-state index contributed by atoms with van der Waals surface area (Å²) in [5.41, 5.74) is 0.732. The highest BCUT2D eigenvalue weighted by molar-refractivity contribution is 5.97. The third-order valence-electron chi connectivity index (χ3n) is 2.58. The minimum absolute atomic E-state index is 0.0209. The summed E-state index contributed by atoms with van der Waals surface area (Å²) in [5, 5.41) is 5.42. The van der Waals surface area contributed by atoms with Crippen molar-refractivity contribution in [3.05, 3.63) is 17.7 Å². The molecular weight excluding hydrogens is 282 g/mol. The molecule has 0 atom stereocenters. The summed E-state index contributed by atoms with van der Waals surface area (Å²) in [6.07, 6.45) is -0.961. The first kappa shape index (κ1) is 17.2. The van der Waals surface area contributed by atoms with Crippen molar-refractivity contribution in [1.29, 1.82) is 0 Å². The van der Waals surface area contributed by atoms with E-state index in [9.17, 15) is 13.6 Å². The van der Waals surface area contributed by atoms with Crippen molar-refractivity contribution in [3.63, 3.8) is 0 Å². The third kappa shape index (κ3) is 5.58. The molecule has 118 valence electrons. The van der Waals surface area contributed by atoms with Crippen LogP contribution in [-0.4, -0.2) is 49.1 Å². The van der Waals surface area contributed by atoms with Crippen LogP contribution >= 0.6 is 0 Å². The van der Waals surface area contributed by atoms with Crippen molar-refractivity contribution in [2.45, 2.75) is 26.2 Å². The van der Waals surface area contributed by atoms with Gasteiger partial charge in [-0.2, -0.15) is 0 Å². The van der Waals surface area contributed by atoms with Gasteiger partial charge in [0.1, 0.15) is 12.4 Å². The lowest BCUT2D eigenvalue weighted by molar-refractivity contribution is 0.0188. The zero-order valence-electron chi connectivity index (χ0n) is 12.3. The zero-order valence-corrected chi connectivity index (χ0v) is 12.3. The third-order valence-corrected chi connectivity index (χ3v) is 2.58. The summed E-state index contributed by atoms with van der Waals surface area (Å²) in [7, 11) is 1.66. The van der Waals surface area contributed by atoms with Crippen LogP contribution in [0.3, 0.4) is 0 Å². The van der Waals surface area contributed by atoms with Crippen molar-refractivity contribution in [2.24, 2.45) is 0 Å². The Kier molecular flexibility index (Phi) is 6.93. The molecule has 1 amide bonds. The predicted octanol–water partition coefficient (Wildman–Crippen LogP) is 1.65. The van der Waals surface area contributed by atoms with Crippen LogP contribution in [-0.2, 0) is 4.74 Å². The Bertz CT molecular complexity index is 469. The molecular formula is C13H20F2N4O2. The standard InChI is InChI=1S/C13H20F2N4O2/c1-8(2)12-18-6-9(16-3)11(19-12)13(20)17-4-5-21-7-10(14)15/h6,8,10,16H,4-5,7H2,1-3H3,(H,17,20). The van der Waals surface area contributed by atoms with Crippen molar-refractivity contribution in [2.75, 3.05) is 32.1 Å². The summed E-state index contributed by atoms with van der Waals surface area (Å²) < 4.78 is 28.4. The maximum Gasteiger partial charge on any atom is 0.272 e. The Balaban J connectivity index is 2.61. The van der Waals surface area contributed by atoms with Gasteiger partial charge in [0.25, 0.3) is 12.3 Å². The quantitative estimate of drug-likeness (QED) is 0.714. The summed E-state index contributed by atoms with van der Waals surface area (Å²) in [6, 6.07) is 0. The van der Waals surface area contributed by atoms with Gasteiger partial charge in [0.15, 0.2) is 5.69 Å². The van der Waals surface area contributed by atoms with E-state index in [1.807, 2.05) is 13.8 Å². The molecule has 0 unspecified atom stereocenters. The highest BCUT2D eigenvalue weighted by Crippen LogP contribution is 2.15. The van der Waals surface area contributed by atoms with E-state index in [4.69, 9.17) is 0 Å². The van der Waals surface area contributed by atoms with E-state index in [-0.39, 0.29) is 24.8 Å². The van der Waals surface area contributed by atoms with E-state index in [1.54, 1.807) is 13.2 Å². The van der Waals surface area contributed by atoms with Gasteiger partial charge in [-0.3, -0.25) is 4.79 Å². The number of hydrogen-bond donors (Lipinski definition) is 2. The first-order valence-corrected chi connectivity index (χ1v) is 6.64. The average Bonchev–Trinajstić information content (AvgIpc) is 2.45. The molecule has 0 aliphatic rings. The first-order chi connectivity index (χ1) is 9.95. The maximum absolute atomic E-state index is 12.1. The molecule has 1 aromatic rings. The minimum Gasteiger partial charge on any atom is -0.385 e. The molecule has 1 aromatic heterocycles. The lowest BCUT2D eigenvalue weighted by Gasteiger charge is -2.11. The lowest BCUT2D eigenvalue weighted by Crippen LogP contribution is -2.29. The second-order valence-electron chi connectivity index (χ2n) is 4.62. The molecule has 0 saturated heterocycles. The van der Waals surface area contributed by atoms with Crippen molar-refractivity contribution in [3.8, 4) is 0 Å². The van der Waals surface area contributed by atoms with Crippen LogP contribution in [0.1, 0.15) is 36.1 Å². The van der Waals surface area contributed by atoms with Crippen LogP contribution in [0.15, 0.2) is 6.20 Å². The van der Waals surface area contributed by atoms with Crippen LogP contribution in [0.25, 0.3) is 0 Å². The van der Waals surface area contributed by atoms with Crippen molar-refractivity contribution >= 4 is 11.6 Å². The largest absolute Gasteiger partial charge is 0.385 e. The number of carbonyl (C=O) groups excluding carboxylic acids is 1. The van der Waals surface area contributed by atoms with Gasteiger partial charge in [-0.05, 0) is 0 Å². The second-order valence-corrected chi connectivity index (χ2v) is 4.62. The highest BCUT2D eigenvalue weighted by Gasteiger charge is 2.15. The smallest absolute Gasteiger partial charge is 0.272 e. The number of halogens is 2. The molecule has 1 rings (SSSR count). The molecule has 1 heterocycles. The Morgan fingerprint density at radius 1 is 1.43 bits per heavy atom. The Morgan fingerprint density at radius 3 is 2.71 bits per heavy atom. The normalized spacial score (nSPS) is 11.0. The maximum atomic E-state index is 12.1. The molecule has 0 fully saturated rings. The van der Waals surface area contributed by atoms with Gasteiger partial charge in [0.2, 0.25) is 0 Å². The molecule has 0 aromatic carbocycles. The number of alkyl halides is 2.